The van der Waals surface area contributed by atoms with Gasteiger partial charge in [0.25, 0.3) is 5.91 Å². The Bertz CT molecular complexity index is 1510. The molecular weight excluding hydrogens is 476 g/mol. The van der Waals surface area contributed by atoms with E-state index in [9.17, 15) is 14.7 Å². The van der Waals surface area contributed by atoms with Crippen molar-refractivity contribution in [3.63, 3.8) is 0 Å². The normalized spacial score (nSPS) is 27.4. The summed E-state index contributed by atoms with van der Waals surface area (Å²) in [5.74, 6) is 1.00. The minimum Gasteiger partial charge on any atom is -0.393 e. The number of rotatable bonds is 5. The Morgan fingerprint density at radius 2 is 1.66 bits per heavy atom. The van der Waals surface area contributed by atoms with Gasteiger partial charge in [0.2, 0.25) is 5.91 Å². The molecule has 2 amide bonds. The quantitative estimate of drug-likeness (QED) is 0.282. The first kappa shape index (κ1) is 23.2. The molecule has 4 bridgehead atoms. The summed E-state index contributed by atoms with van der Waals surface area (Å²) in [7, 11) is 0. The third-order valence-corrected chi connectivity index (χ3v) is 8.93. The van der Waals surface area contributed by atoms with E-state index < -0.39 is 0 Å². The van der Waals surface area contributed by atoms with E-state index in [4.69, 9.17) is 0 Å². The van der Waals surface area contributed by atoms with Gasteiger partial charge in [-0.05, 0) is 104 Å². The van der Waals surface area contributed by atoms with Crippen LogP contribution in [0.4, 0.5) is 11.4 Å². The van der Waals surface area contributed by atoms with Gasteiger partial charge in [-0.25, -0.2) is 0 Å². The van der Waals surface area contributed by atoms with Crippen LogP contribution in [0, 0.1) is 23.2 Å². The maximum atomic E-state index is 13.4. The minimum atomic E-state index is -0.324. The number of hydrogen-bond donors (Lipinski definition) is 4. The van der Waals surface area contributed by atoms with Crippen molar-refractivity contribution in [2.75, 3.05) is 10.6 Å². The first-order chi connectivity index (χ1) is 18.5. The van der Waals surface area contributed by atoms with Gasteiger partial charge in [-0.2, -0.15) is 0 Å². The molecule has 5 atom stereocenters. The van der Waals surface area contributed by atoms with E-state index in [1.165, 1.54) is 0 Å². The van der Waals surface area contributed by atoms with E-state index in [-0.39, 0.29) is 35.2 Å². The molecule has 192 valence electrons. The van der Waals surface area contributed by atoms with Crippen molar-refractivity contribution in [1.82, 2.24) is 9.97 Å². The van der Waals surface area contributed by atoms with E-state index in [1.807, 2.05) is 42.5 Å². The number of pyridine rings is 1. The van der Waals surface area contributed by atoms with Crippen LogP contribution in [0.3, 0.4) is 0 Å². The number of fused-ring (bicyclic) bond motifs is 1. The summed E-state index contributed by atoms with van der Waals surface area (Å²) < 4.78 is 0. The molecular formula is C31H30N4O3. The lowest BCUT2D eigenvalue weighted by molar-refractivity contribution is -0.158. The molecule has 8 rings (SSSR count). The molecule has 4 aliphatic carbocycles. The monoisotopic (exact) mass is 506 g/mol. The first-order valence-corrected chi connectivity index (χ1v) is 13.4. The molecule has 4 aliphatic rings. The molecule has 38 heavy (non-hydrogen) atoms. The SMILES string of the molecule is O=C(Nc1ccc2[nH]c(-c3ccc(NC(=O)C45C[C@@H]6C[C@H](C4)C(O)[C@@H](C6)C5)cc3)cc2c1)c1ccccn1. The zero-order valence-electron chi connectivity index (χ0n) is 21.0. The van der Waals surface area contributed by atoms with Gasteiger partial charge < -0.3 is 20.7 Å². The van der Waals surface area contributed by atoms with E-state index in [2.05, 4.69) is 26.7 Å². The highest BCUT2D eigenvalue weighted by atomic mass is 16.3. The number of nitrogens with zero attached hydrogens (tertiary/aromatic N) is 1. The number of benzene rings is 2. The Morgan fingerprint density at radius 1 is 0.895 bits per heavy atom. The number of amides is 2. The number of carbonyl (C=O) groups is 2. The van der Waals surface area contributed by atoms with Gasteiger partial charge >= 0.3 is 0 Å². The van der Waals surface area contributed by atoms with Crippen molar-refractivity contribution in [3.05, 3.63) is 78.6 Å². The molecule has 0 aliphatic heterocycles. The fourth-order valence-electron chi connectivity index (χ4n) is 7.33. The van der Waals surface area contributed by atoms with Gasteiger partial charge in [-0.15, -0.1) is 0 Å². The summed E-state index contributed by atoms with van der Waals surface area (Å²) >= 11 is 0. The lowest BCUT2D eigenvalue weighted by Gasteiger charge is -2.57. The number of carbonyl (C=O) groups excluding carboxylic acids is 2. The highest BCUT2D eigenvalue weighted by Crippen LogP contribution is 2.60. The van der Waals surface area contributed by atoms with E-state index in [0.29, 0.717) is 17.3 Å². The van der Waals surface area contributed by atoms with Crippen LogP contribution in [0.5, 0.6) is 0 Å². The average Bonchev–Trinajstić information content (AvgIpc) is 3.35. The number of aromatic amines is 1. The number of aliphatic hydroxyl groups is 1. The molecule has 4 N–H and O–H groups in total. The second kappa shape index (κ2) is 8.81. The third kappa shape index (κ3) is 3.98. The van der Waals surface area contributed by atoms with Crippen LogP contribution in [-0.4, -0.2) is 33.0 Å². The van der Waals surface area contributed by atoms with Crippen molar-refractivity contribution in [2.45, 2.75) is 38.2 Å². The Labute approximate surface area is 220 Å². The Morgan fingerprint density at radius 3 is 2.39 bits per heavy atom. The molecule has 0 saturated heterocycles. The summed E-state index contributed by atoms with van der Waals surface area (Å²) in [6, 6.07) is 21.0. The third-order valence-electron chi connectivity index (χ3n) is 8.93. The van der Waals surface area contributed by atoms with Crippen molar-refractivity contribution in [3.8, 4) is 11.3 Å². The molecule has 7 nitrogen and oxygen atoms in total. The van der Waals surface area contributed by atoms with Gasteiger partial charge in [0.15, 0.2) is 0 Å². The van der Waals surface area contributed by atoms with Crippen LogP contribution in [0.15, 0.2) is 72.9 Å². The van der Waals surface area contributed by atoms with Crippen molar-refractivity contribution >= 4 is 34.1 Å². The predicted octanol–water partition coefficient (Wildman–Crippen LogP) is 5.61. The average molecular weight is 507 g/mol. The van der Waals surface area contributed by atoms with Crippen LogP contribution < -0.4 is 10.6 Å². The van der Waals surface area contributed by atoms with Crippen LogP contribution in [0.2, 0.25) is 0 Å². The highest BCUT2D eigenvalue weighted by Gasteiger charge is 2.58. The molecule has 4 saturated carbocycles. The molecule has 2 aromatic carbocycles. The summed E-state index contributed by atoms with van der Waals surface area (Å²) in [5, 5.41) is 17.6. The number of aromatic nitrogens is 2. The second-order valence-corrected chi connectivity index (χ2v) is 11.4. The molecule has 2 unspecified atom stereocenters. The number of H-pyrrole nitrogens is 1. The summed E-state index contributed by atoms with van der Waals surface area (Å²) in [4.78, 5) is 33.4. The standard InChI is InChI=1S/C31H30N4O3/c36-28-21-11-18-12-22(28)17-31(15-18,16-21)30(38)34-23-6-4-19(5-7-23)27-14-20-13-24(8-9-25(20)35-27)33-29(37)26-3-1-2-10-32-26/h1-10,13-14,18,21-22,28,35-36H,11-12,15-17H2,(H,33,37)(H,34,38)/t18-,21-,22+,28?,31?. The molecule has 0 spiro atoms. The van der Waals surface area contributed by atoms with Crippen molar-refractivity contribution in [1.29, 1.82) is 0 Å². The number of hydrogen-bond acceptors (Lipinski definition) is 4. The van der Waals surface area contributed by atoms with E-state index >= 15 is 0 Å². The topological polar surface area (TPSA) is 107 Å². The lowest BCUT2D eigenvalue weighted by atomic mass is 9.48. The smallest absolute Gasteiger partial charge is 0.274 e. The van der Waals surface area contributed by atoms with Gasteiger partial charge in [0.05, 0.1) is 11.5 Å². The molecule has 0 radical (unpaired) electrons. The number of anilines is 2. The lowest BCUT2D eigenvalue weighted by Crippen LogP contribution is -2.57. The zero-order valence-corrected chi connectivity index (χ0v) is 21.0. The van der Waals surface area contributed by atoms with Gasteiger partial charge in [-0.1, -0.05) is 18.2 Å². The van der Waals surface area contributed by atoms with Crippen LogP contribution in [0.1, 0.15) is 42.6 Å². The number of nitrogens with one attached hydrogen (secondary N) is 3. The predicted molar refractivity (Wildman–Crippen MR) is 147 cm³/mol. The summed E-state index contributed by atoms with van der Waals surface area (Å²) in [6.45, 7) is 0. The van der Waals surface area contributed by atoms with E-state index in [0.717, 1.165) is 60.0 Å². The Kier molecular flexibility index (Phi) is 5.37. The van der Waals surface area contributed by atoms with Gasteiger partial charge in [0.1, 0.15) is 5.69 Å². The molecule has 7 heteroatoms. The summed E-state index contributed by atoms with van der Waals surface area (Å²) in [5.41, 5.74) is 4.49. The fourth-order valence-corrected chi connectivity index (χ4v) is 7.33. The Balaban J connectivity index is 1.05. The molecule has 4 aromatic rings. The van der Waals surface area contributed by atoms with Crippen LogP contribution >= 0.6 is 0 Å². The Hall–Kier alpha value is -3.97. The van der Waals surface area contributed by atoms with Crippen LogP contribution in [0.25, 0.3) is 22.2 Å². The fraction of sp³-hybridized carbons (Fsp3) is 0.323. The summed E-state index contributed by atoms with van der Waals surface area (Å²) in [6.07, 6.45) is 6.09. The van der Waals surface area contributed by atoms with Crippen molar-refractivity contribution < 1.29 is 14.7 Å². The zero-order chi connectivity index (χ0) is 25.9. The van der Waals surface area contributed by atoms with Crippen molar-refractivity contribution in [2.24, 2.45) is 23.2 Å². The van der Waals surface area contributed by atoms with Crippen LogP contribution in [-0.2, 0) is 4.79 Å². The molecule has 4 fully saturated rings. The highest BCUT2D eigenvalue weighted by molar-refractivity contribution is 6.04. The van der Waals surface area contributed by atoms with E-state index in [1.54, 1.807) is 24.4 Å². The maximum absolute atomic E-state index is 13.4. The molecule has 2 aromatic heterocycles. The first-order valence-electron chi connectivity index (χ1n) is 13.4. The number of aliphatic hydroxyl groups excluding tert-OH is 1. The molecule has 2 heterocycles. The maximum Gasteiger partial charge on any atom is 0.274 e. The minimum absolute atomic E-state index is 0.113. The van der Waals surface area contributed by atoms with Gasteiger partial charge in [-0.3, -0.25) is 14.6 Å². The van der Waals surface area contributed by atoms with Gasteiger partial charge in [0, 0.05) is 34.2 Å². The second-order valence-electron chi connectivity index (χ2n) is 11.4. The largest absolute Gasteiger partial charge is 0.393 e.